The number of hydrogen-bond donors (Lipinski definition) is 8. The molecule has 258 valence electrons. The summed E-state index contributed by atoms with van der Waals surface area (Å²) in [5.41, 5.74) is 1.61. The molecule has 4 fully saturated rings. The second-order valence-electron chi connectivity index (χ2n) is 12.3. The van der Waals surface area contributed by atoms with Crippen molar-refractivity contribution in [1.29, 1.82) is 0 Å². The predicted molar refractivity (Wildman–Crippen MR) is 152 cm³/mol. The van der Waals surface area contributed by atoms with E-state index in [-0.39, 0.29) is 24.4 Å². The third kappa shape index (κ3) is 6.08. The van der Waals surface area contributed by atoms with Crippen molar-refractivity contribution in [1.82, 2.24) is 0 Å². The van der Waals surface area contributed by atoms with Crippen LogP contribution in [-0.4, -0.2) is 135 Å². The lowest BCUT2D eigenvalue weighted by atomic mass is 9.84. The molecule has 7 rings (SSSR count). The first kappa shape index (κ1) is 32.8. The lowest BCUT2D eigenvalue weighted by molar-refractivity contribution is -0.323. The average molecular weight is 667 g/mol. The summed E-state index contributed by atoms with van der Waals surface area (Å²) in [5, 5.41) is 82.0. The molecule has 2 aromatic rings. The maximum Gasteiger partial charge on any atom is 0.231 e. The minimum Gasteiger partial charge on any atom is -0.462 e. The standard InChI is InChI=1S/C31H38O16/c32-8-18-21(33)23(35)25(37)30(45-18)41-10-19-22(34)24(36)26(38)31(46-19)44-14-4-1-12(2-5-14)28-20-15(9-40-28)27(47-29(20)39)13-3-6-16-17(7-13)43-11-42-16/h1-7,15,18-39H,8-11H2/t15-,18+,19+,20+,21+,22+,23-,24-,25+,26+,27-,28+,29-,30+,31+/m0/s1. The zero-order chi connectivity index (χ0) is 33.0. The first-order chi connectivity index (χ1) is 22.6. The average Bonchev–Trinajstić information content (AvgIpc) is 3.81. The molecule has 47 heavy (non-hydrogen) atoms. The molecule has 0 aromatic heterocycles. The van der Waals surface area contributed by atoms with Crippen LogP contribution in [0.4, 0.5) is 0 Å². The van der Waals surface area contributed by atoms with Crippen molar-refractivity contribution in [2.75, 3.05) is 26.6 Å². The van der Waals surface area contributed by atoms with Gasteiger partial charge in [0.25, 0.3) is 0 Å². The van der Waals surface area contributed by atoms with Crippen LogP contribution in [0.5, 0.6) is 17.2 Å². The van der Waals surface area contributed by atoms with Gasteiger partial charge in [-0.1, -0.05) is 18.2 Å². The summed E-state index contributed by atoms with van der Waals surface area (Å²) < 4.78 is 45.3. The monoisotopic (exact) mass is 666 g/mol. The van der Waals surface area contributed by atoms with E-state index in [4.69, 9.17) is 37.9 Å². The Morgan fingerprint density at radius 3 is 2.06 bits per heavy atom. The minimum atomic E-state index is -1.69. The van der Waals surface area contributed by atoms with E-state index >= 15 is 0 Å². The van der Waals surface area contributed by atoms with Gasteiger partial charge in [-0.3, -0.25) is 0 Å². The molecule has 8 N–H and O–H groups in total. The quantitative estimate of drug-likeness (QED) is 0.149. The van der Waals surface area contributed by atoms with E-state index in [1.807, 2.05) is 18.2 Å². The van der Waals surface area contributed by atoms with E-state index in [1.54, 1.807) is 24.3 Å². The molecule has 15 atom stereocenters. The fraction of sp³-hybridized carbons (Fsp3) is 0.613. The molecule has 5 aliphatic heterocycles. The van der Waals surface area contributed by atoms with Crippen LogP contribution < -0.4 is 14.2 Å². The largest absolute Gasteiger partial charge is 0.462 e. The molecular formula is C31H38O16. The van der Waals surface area contributed by atoms with E-state index in [0.29, 0.717) is 18.1 Å². The van der Waals surface area contributed by atoms with Gasteiger partial charge in [0.1, 0.15) is 54.6 Å². The van der Waals surface area contributed by atoms with Gasteiger partial charge in [0.05, 0.1) is 32.0 Å². The van der Waals surface area contributed by atoms with Gasteiger partial charge in [-0.2, -0.15) is 0 Å². The van der Waals surface area contributed by atoms with Crippen molar-refractivity contribution in [3.63, 3.8) is 0 Å². The second-order valence-corrected chi connectivity index (χ2v) is 12.3. The van der Waals surface area contributed by atoms with E-state index < -0.39 is 93.1 Å². The predicted octanol–water partition coefficient (Wildman–Crippen LogP) is -2.19. The Morgan fingerprint density at radius 1 is 0.660 bits per heavy atom. The van der Waals surface area contributed by atoms with Crippen LogP contribution in [0.25, 0.3) is 0 Å². The van der Waals surface area contributed by atoms with E-state index in [0.717, 1.165) is 11.1 Å². The molecular weight excluding hydrogens is 628 g/mol. The van der Waals surface area contributed by atoms with Crippen molar-refractivity contribution in [2.45, 2.75) is 79.9 Å². The highest BCUT2D eigenvalue weighted by atomic mass is 16.7. The fourth-order valence-electron chi connectivity index (χ4n) is 6.80. The van der Waals surface area contributed by atoms with Crippen LogP contribution >= 0.6 is 0 Å². The normalized spacial score (nSPS) is 42.8. The number of fused-ring (bicyclic) bond motifs is 2. The van der Waals surface area contributed by atoms with Gasteiger partial charge >= 0.3 is 0 Å². The topological polar surface area (TPSA) is 236 Å². The third-order valence-corrected chi connectivity index (χ3v) is 9.44. The summed E-state index contributed by atoms with van der Waals surface area (Å²) in [6, 6.07) is 12.2. The Kier molecular flexibility index (Phi) is 9.31. The molecule has 5 aliphatic rings. The van der Waals surface area contributed by atoms with Crippen LogP contribution in [-0.2, 0) is 23.7 Å². The number of aliphatic hydroxyl groups excluding tert-OH is 8. The number of ether oxygens (including phenoxy) is 8. The first-order valence-corrected chi connectivity index (χ1v) is 15.4. The van der Waals surface area contributed by atoms with Crippen LogP contribution in [0.1, 0.15) is 23.3 Å². The van der Waals surface area contributed by atoms with Crippen molar-refractivity contribution >= 4 is 0 Å². The van der Waals surface area contributed by atoms with E-state index in [1.165, 1.54) is 0 Å². The molecule has 0 unspecified atom stereocenters. The molecule has 0 saturated carbocycles. The van der Waals surface area contributed by atoms with Gasteiger partial charge in [-0.25, -0.2) is 0 Å². The summed E-state index contributed by atoms with van der Waals surface area (Å²) in [4.78, 5) is 0. The fourth-order valence-corrected chi connectivity index (χ4v) is 6.80. The van der Waals surface area contributed by atoms with Crippen LogP contribution in [0.15, 0.2) is 42.5 Å². The smallest absolute Gasteiger partial charge is 0.231 e. The number of aliphatic hydroxyl groups is 8. The van der Waals surface area contributed by atoms with Crippen LogP contribution in [0, 0.1) is 11.8 Å². The Balaban J connectivity index is 0.981. The molecule has 0 aliphatic carbocycles. The molecule has 4 saturated heterocycles. The van der Waals surface area contributed by atoms with Gasteiger partial charge in [-0.15, -0.1) is 0 Å². The summed E-state index contributed by atoms with van der Waals surface area (Å²) in [5.74, 6) is 1.07. The highest BCUT2D eigenvalue weighted by Gasteiger charge is 2.53. The Bertz CT molecular complexity index is 1380. The SMILES string of the molecule is OC[C@H]1O[C@@H](OC[C@H]2O[C@@H](Oc3ccc([C@H]4OC[C@H]5[C@H]4[C@@H](O)O[C@H]5c4ccc5c(c4)OCO5)cc3)[C@H](O)[C@@H](O)[C@@H]2O)[C@H](O)[C@@H](O)[C@@H]1O. The summed E-state index contributed by atoms with van der Waals surface area (Å²) in [6.07, 6.45) is -17.2. The Hall–Kier alpha value is -2.68. The molecule has 0 spiro atoms. The second kappa shape index (κ2) is 13.3. The van der Waals surface area contributed by atoms with Crippen molar-refractivity contribution < 1.29 is 78.7 Å². The van der Waals surface area contributed by atoms with E-state index in [2.05, 4.69) is 0 Å². The highest BCUT2D eigenvalue weighted by molar-refractivity contribution is 5.45. The van der Waals surface area contributed by atoms with Gasteiger partial charge in [0.2, 0.25) is 13.1 Å². The van der Waals surface area contributed by atoms with Gasteiger partial charge in [0.15, 0.2) is 24.1 Å². The number of hydrogen-bond acceptors (Lipinski definition) is 16. The maximum absolute atomic E-state index is 10.9. The van der Waals surface area contributed by atoms with Gasteiger partial charge < -0.3 is 78.7 Å². The molecule has 16 nitrogen and oxygen atoms in total. The molecule has 2 aromatic carbocycles. The van der Waals surface area contributed by atoms with Gasteiger partial charge in [-0.05, 0) is 35.4 Å². The number of benzene rings is 2. The van der Waals surface area contributed by atoms with Crippen LogP contribution in [0.3, 0.4) is 0 Å². The Labute approximate surface area is 268 Å². The maximum atomic E-state index is 10.9. The zero-order valence-electron chi connectivity index (χ0n) is 24.9. The molecule has 0 bridgehead atoms. The van der Waals surface area contributed by atoms with Crippen LogP contribution in [0.2, 0.25) is 0 Å². The van der Waals surface area contributed by atoms with E-state index in [9.17, 15) is 40.9 Å². The molecule has 0 radical (unpaired) electrons. The summed E-state index contributed by atoms with van der Waals surface area (Å²) >= 11 is 0. The highest BCUT2D eigenvalue weighted by Crippen LogP contribution is 2.53. The van der Waals surface area contributed by atoms with Crippen molar-refractivity contribution in [3.05, 3.63) is 53.6 Å². The van der Waals surface area contributed by atoms with Crippen molar-refractivity contribution in [2.24, 2.45) is 11.8 Å². The summed E-state index contributed by atoms with van der Waals surface area (Å²) in [7, 11) is 0. The van der Waals surface area contributed by atoms with Gasteiger partial charge in [0, 0.05) is 11.8 Å². The molecule has 16 heteroatoms. The Morgan fingerprint density at radius 2 is 1.32 bits per heavy atom. The third-order valence-electron chi connectivity index (χ3n) is 9.44. The first-order valence-electron chi connectivity index (χ1n) is 15.4. The molecule has 0 amide bonds. The lowest BCUT2D eigenvalue weighted by Crippen LogP contribution is -2.62. The number of rotatable bonds is 8. The molecule has 5 heterocycles. The lowest BCUT2D eigenvalue weighted by Gasteiger charge is -2.42. The minimum absolute atomic E-state index is 0.118. The van der Waals surface area contributed by atoms with Crippen molar-refractivity contribution in [3.8, 4) is 17.2 Å². The zero-order valence-corrected chi connectivity index (χ0v) is 24.9. The summed E-state index contributed by atoms with van der Waals surface area (Å²) in [6.45, 7) is -0.625.